The Bertz CT molecular complexity index is 104. The average molecular weight is 187 g/mol. The SMILES string of the molecule is CSCC(N)CCC(F)(F)F. The Morgan fingerprint density at radius 2 is 2.00 bits per heavy atom. The number of hydrogen-bond donors (Lipinski definition) is 1. The number of nitrogens with two attached hydrogens (primary N) is 1. The Morgan fingerprint density at radius 3 is 2.36 bits per heavy atom. The largest absolute Gasteiger partial charge is 0.389 e. The van der Waals surface area contributed by atoms with Gasteiger partial charge in [0.25, 0.3) is 0 Å². The Kier molecular flexibility index (Phi) is 4.92. The molecule has 0 radical (unpaired) electrons. The molecule has 0 bridgehead atoms. The van der Waals surface area contributed by atoms with Crippen molar-refractivity contribution in [3.05, 3.63) is 0 Å². The number of hydrogen-bond acceptors (Lipinski definition) is 2. The maximum Gasteiger partial charge on any atom is 0.389 e. The predicted octanol–water partition coefficient (Wildman–Crippen LogP) is 2.02. The Morgan fingerprint density at radius 1 is 1.45 bits per heavy atom. The molecule has 0 spiro atoms. The zero-order valence-corrected chi connectivity index (χ0v) is 7.13. The fraction of sp³-hybridized carbons (Fsp3) is 1.00. The molecule has 0 aliphatic rings. The van der Waals surface area contributed by atoms with Gasteiger partial charge in [-0.15, -0.1) is 0 Å². The second-order valence-electron chi connectivity index (χ2n) is 2.37. The maximum atomic E-state index is 11.6. The summed E-state index contributed by atoms with van der Waals surface area (Å²) in [5.41, 5.74) is 5.37. The van der Waals surface area contributed by atoms with Crippen molar-refractivity contribution in [2.24, 2.45) is 5.73 Å². The summed E-state index contributed by atoms with van der Waals surface area (Å²) < 4.78 is 34.8. The minimum atomic E-state index is -4.06. The van der Waals surface area contributed by atoms with E-state index in [-0.39, 0.29) is 12.5 Å². The summed E-state index contributed by atoms with van der Waals surface area (Å²) in [7, 11) is 0. The topological polar surface area (TPSA) is 26.0 Å². The average Bonchev–Trinajstić information content (AvgIpc) is 1.83. The zero-order valence-electron chi connectivity index (χ0n) is 6.32. The Labute approximate surface area is 68.5 Å². The molecule has 0 aromatic rings. The van der Waals surface area contributed by atoms with Crippen molar-refractivity contribution in [2.75, 3.05) is 12.0 Å². The highest BCUT2D eigenvalue weighted by Gasteiger charge is 2.27. The molecule has 5 heteroatoms. The zero-order chi connectivity index (χ0) is 8.91. The van der Waals surface area contributed by atoms with E-state index in [1.807, 2.05) is 6.26 Å². The number of thioether (sulfide) groups is 1. The van der Waals surface area contributed by atoms with E-state index in [2.05, 4.69) is 0 Å². The van der Waals surface area contributed by atoms with Crippen LogP contribution in [0.1, 0.15) is 12.8 Å². The first kappa shape index (κ1) is 11.1. The lowest BCUT2D eigenvalue weighted by Crippen LogP contribution is -2.25. The first-order chi connectivity index (χ1) is 4.95. The van der Waals surface area contributed by atoms with Crippen LogP contribution in [-0.2, 0) is 0 Å². The van der Waals surface area contributed by atoms with E-state index < -0.39 is 12.6 Å². The maximum absolute atomic E-state index is 11.6. The summed E-state index contributed by atoms with van der Waals surface area (Å²) >= 11 is 1.47. The van der Waals surface area contributed by atoms with Crippen LogP contribution < -0.4 is 5.73 Å². The van der Waals surface area contributed by atoms with Gasteiger partial charge in [0.1, 0.15) is 0 Å². The van der Waals surface area contributed by atoms with Crippen molar-refractivity contribution < 1.29 is 13.2 Å². The van der Waals surface area contributed by atoms with Crippen LogP contribution in [-0.4, -0.2) is 24.2 Å². The van der Waals surface area contributed by atoms with E-state index in [0.717, 1.165) is 0 Å². The van der Waals surface area contributed by atoms with Crippen molar-refractivity contribution in [3.63, 3.8) is 0 Å². The summed E-state index contributed by atoms with van der Waals surface area (Å²) in [5.74, 6) is 0.593. The molecule has 0 aromatic carbocycles. The van der Waals surface area contributed by atoms with Crippen molar-refractivity contribution in [1.29, 1.82) is 0 Å². The van der Waals surface area contributed by atoms with Crippen LogP contribution in [0.15, 0.2) is 0 Å². The van der Waals surface area contributed by atoms with Crippen molar-refractivity contribution in [3.8, 4) is 0 Å². The highest BCUT2D eigenvalue weighted by molar-refractivity contribution is 7.98. The van der Waals surface area contributed by atoms with Gasteiger partial charge in [0.05, 0.1) is 0 Å². The van der Waals surface area contributed by atoms with E-state index in [0.29, 0.717) is 5.75 Å². The number of alkyl halides is 3. The highest BCUT2D eigenvalue weighted by Crippen LogP contribution is 2.22. The molecule has 11 heavy (non-hydrogen) atoms. The highest BCUT2D eigenvalue weighted by atomic mass is 32.2. The smallest absolute Gasteiger partial charge is 0.327 e. The molecule has 0 amide bonds. The fourth-order valence-corrected chi connectivity index (χ4v) is 1.24. The van der Waals surface area contributed by atoms with Crippen LogP contribution in [0.3, 0.4) is 0 Å². The molecule has 2 N–H and O–H groups in total. The van der Waals surface area contributed by atoms with Crippen LogP contribution >= 0.6 is 11.8 Å². The van der Waals surface area contributed by atoms with Crippen molar-refractivity contribution in [2.45, 2.75) is 25.1 Å². The molecule has 68 valence electrons. The van der Waals surface area contributed by atoms with Crippen LogP contribution in [0.4, 0.5) is 13.2 Å². The predicted molar refractivity (Wildman–Crippen MR) is 41.6 cm³/mol. The molecule has 1 unspecified atom stereocenters. The molecular formula is C6H12F3NS. The van der Waals surface area contributed by atoms with Gasteiger partial charge in [-0.3, -0.25) is 0 Å². The summed E-state index contributed by atoms with van der Waals surface area (Å²) in [4.78, 5) is 0. The second-order valence-corrected chi connectivity index (χ2v) is 3.28. The quantitative estimate of drug-likeness (QED) is 0.728. The first-order valence-corrected chi connectivity index (χ1v) is 4.66. The summed E-state index contributed by atoms with van der Waals surface area (Å²) in [6.45, 7) is 0. The van der Waals surface area contributed by atoms with Crippen molar-refractivity contribution >= 4 is 11.8 Å². The van der Waals surface area contributed by atoms with Gasteiger partial charge in [0.2, 0.25) is 0 Å². The van der Waals surface area contributed by atoms with E-state index in [9.17, 15) is 13.2 Å². The molecule has 0 heterocycles. The number of rotatable bonds is 4. The third-order valence-corrected chi connectivity index (χ3v) is 1.94. The molecular weight excluding hydrogens is 175 g/mol. The van der Waals surface area contributed by atoms with Gasteiger partial charge in [0.15, 0.2) is 0 Å². The van der Waals surface area contributed by atoms with Gasteiger partial charge >= 0.3 is 6.18 Å². The van der Waals surface area contributed by atoms with Gasteiger partial charge in [0, 0.05) is 18.2 Å². The minimum Gasteiger partial charge on any atom is -0.327 e. The molecule has 0 aliphatic carbocycles. The van der Waals surface area contributed by atoms with E-state index in [1.54, 1.807) is 0 Å². The first-order valence-electron chi connectivity index (χ1n) is 3.27. The molecule has 0 aromatic heterocycles. The van der Waals surface area contributed by atoms with Crippen molar-refractivity contribution in [1.82, 2.24) is 0 Å². The number of halogens is 3. The van der Waals surface area contributed by atoms with Gasteiger partial charge in [-0.1, -0.05) is 0 Å². The molecule has 0 fully saturated rings. The third kappa shape index (κ3) is 8.00. The standard InChI is InChI=1S/C6H12F3NS/c1-11-4-5(10)2-3-6(7,8)9/h5H,2-4,10H2,1H3. The van der Waals surface area contributed by atoms with Crippen LogP contribution in [0.2, 0.25) is 0 Å². The molecule has 0 saturated heterocycles. The van der Waals surface area contributed by atoms with Crippen LogP contribution in [0, 0.1) is 0 Å². The lowest BCUT2D eigenvalue weighted by Gasteiger charge is -2.11. The Balaban J connectivity index is 3.38. The summed E-state index contributed by atoms with van der Waals surface area (Å²) in [6, 6.07) is -0.327. The Hall–Kier alpha value is 0.100. The van der Waals surface area contributed by atoms with E-state index in [4.69, 9.17) is 5.73 Å². The molecule has 1 atom stereocenters. The lowest BCUT2D eigenvalue weighted by atomic mass is 10.2. The third-order valence-electron chi connectivity index (χ3n) is 1.18. The molecule has 0 saturated carbocycles. The fourth-order valence-electron chi connectivity index (χ4n) is 0.646. The van der Waals surface area contributed by atoms with Gasteiger partial charge in [-0.05, 0) is 12.7 Å². The molecule has 1 nitrogen and oxygen atoms in total. The summed E-state index contributed by atoms with van der Waals surface area (Å²) in [5, 5.41) is 0. The lowest BCUT2D eigenvalue weighted by molar-refractivity contribution is -0.136. The minimum absolute atomic E-state index is 0.0321. The van der Waals surface area contributed by atoms with Crippen LogP contribution in [0.5, 0.6) is 0 Å². The van der Waals surface area contributed by atoms with Gasteiger partial charge in [-0.25, -0.2) is 0 Å². The molecule has 0 aliphatic heterocycles. The second kappa shape index (κ2) is 4.87. The normalized spacial score (nSPS) is 15.0. The van der Waals surface area contributed by atoms with E-state index in [1.165, 1.54) is 11.8 Å². The molecule has 0 rings (SSSR count). The summed E-state index contributed by atoms with van der Waals surface area (Å²) in [6.07, 6.45) is -2.97. The monoisotopic (exact) mass is 187 g/mol. The van der Waals surface area contributed by atoms with Gasteiger partial charge < -0.3 is 5.73 Å². The van der Waals surface area contributed by atoms with E-state index >= 15 is 0 Å². The van der Waals surface area contributed by atoms with Gasteiger partial charge in [-0.2, -0.15) is 24.9 Å². The van der Waals surface area contributed by atoms with Crippen LogP contribution in [0.25, 0.3) is 0 Å².